The second kappa shape index (κ2) is 5.73. The summed E-state index contributed by atoms with van der Waals surface area (Å²) in [6.45, 7) is 2.13. The van der Waals surface area contributed by atoms with Crippen LogP contribution in [-0.2, 0) is 0 Å². The molecule has 0 amide bonds. The molecule has 0 aromatic heterocycles. The van der Waals surface area contributed by atoms with Crippen LogP contribution in [0.1, 0.15) is 5.56 Å². The summed E-state index contributed by atoms with van der Waals surface area (Å²) in [5, 5.41) is 0. The maximum Gasteiger partial charge on any atom is 0.0270 e. The summed E-state index contributed by atoms with van der Waals surface area (Å²) in [6, 6.07) is 15.2. The van der Waals surface area contributed by atoms with E-state index < -0.39 is 0 Å². The summed E-state index contributed by atoms with van der Waals surface area (Å²) in [5.74, 6) is 0. The van der Waals surface area contributed by atoms with Crippen LogP contribution < -0.4 is 0 Å². The first-order valence-electron chi connectivity index (χ1n) is 4.85. The van der Waals surface area contributed by atoms with Crippen LogP contribution in [-0.4, -0.2) is 0 Å². The highest BCUT2D eigenvalue weighted by Gasteiger charge is 2.02. The van der Waals surface area contributed by atoms with Gasteiger partial charge in [-0.25, -0.2) is 0 Å². The van der Waals surface area contributed by atoms with Gasteiger partial charge in [-0.05, 0) is 88.0 Å². The van der Waals surface area contributed by atoms with Crippen LogP contribution in [0.3, 0.4) is 0 Å². The quantitative estimate of drug-likeness (QED) is 0.554. The highest BCUT2D eigenvalue weighted by Crippen LogP contribution is 2.32. The molecule has 0 saturated heterocycles. The molecule has 0 aliphatic carbocycles. The molecular formula is C13H10I2S. The van der Waals surface area contributed by atoms with Crippen molar-refractivity contribution in [2.24, 2.45) is 0 Å². The molecule has 0 aliphatic rings. The van der Waals surface area contributed by atoms with Gasteiger partial charge in [0, 0.05) is 16.9 Å². The van der Waals surface area contributed by atoms with Gasteiger partial charge in [0.15, 0.2) is 0 Å². The van der Waals surface area contributed by atoms with Gasteiger partial charge < -0.3 is 0 Å². The van der Waals surface area contributed by atoms with E-state index in [2.05, 4.69) is 94.6 Å². The van der Waals surface area contributed by atoms with Crippen molar-refractivity contribution < 1.29 is 0 Å². The number of halogens is 2. The van der Waals surface area contributed by atoms with Crippen LogP contribution in [0.4, 0.5) is 0 Å². The fraction of sp³-hybridized carbons (Fsp3) is 0.0769. The van der Waals surface area contributed by atoms with Gasteiger partial charge in [0.1, 0.15) is 0 Å². The Morgan fingerprint density at radius 3 is 2.56 bits per heavy atom. The monoisotopic (exact) mass is 452 g/mol. The van der Waals surface area contributed by atoms with Crippen molar-refractivity contribution in [2.75, 3.05) is 0 Å². The van der Waals surface area contributed by atoms with Gasteiger partial charge in [0.25, 0.3) is 0 Å². The second-order valence-electron chi connectivity index (χ2n) is 3.49. The Bertz CT molecular complexity index is 509. The molecule has 16 heavy (non-hydrogen) atoms. The Morgan fingerprint density at radius 1 is 1.00 bits per heavy atom. The van der Waals surface area contributed by atoms with Crippen molar-refractivity contribution in [2.45, 2.75) is 16.7 Å². The van der Waals surface area contributed by atoms with E-state index in [9.17, 15) is 0 Å². The summed E-state index contributed by atoms with van der Waals surface area (Å²) >= 11 is 6.57. The molecule has 0 radical (unpaired) electrons. The third kappa shape index (κ3) is 3.37. The average Bonchev–Trinajstić information content (AvgIpc) is 2.24. The molecule has 0 unspecified atom stereocenters. The zero-order chi connectivity index (χ0) is 11.5. The maximum absolute atomic E-state index is 2.39. The van der Waals surface area contributed by atoms with Crippen molar-refractivity contribution in [3.63, 3.8) is 0 Å². The molecular weight excluding hydrogens is 442 g/mol. The van der Waals surface area contributed by atoms with E-state index in [4.69, 9.17) is 0 Å². The number of hydrogen-bond acceptors (Lipinski definition) is 1. The van der Waals surface area contributed by atoms with Crippen molar-refractivity contribution in [3.05, 3.63) is 55.2 Å². The lowest BCUT2D eigenvalue weighted by molar-refractivity contribution is 1.31. The Hall–Kier alpha value is 0.250. The van der Waals surface area contributed by atoms with Crippen molar-refractivity contribution in [3.8, 4) is 0 Å². The van der Waals surface area contributed by atoms with Crippen molar-refractivity contribution in [1.29, 1.82) is 0 Å². The zero-order valence-electron chi connectivity index (χ0n) is 8.71. The summed E-state index contributed by atoms with van der Waals surface area (Å²) in [6.07, 6.45) is 0. The molecule has 2 aromatic rings. The zero-order valence-corrected chi connectivity index (χ0v) is 13.8. The molecule has 2 aromatic carbocycles. The van der Waals surface area contributed by atoms with Gasteiger partial charge in [0.05, 0.1) is 0 Å². The molecule has 0 saturated carbocycles. The van der Waals surface area contributed by atoms with E-state index in [1.807, 2.05) is 11.8 Å². The summed E-state index contributed by atoms with van der Waals surface area (Å²) in [4.78, 5) is 2.64. The molecule has 0 fully saturated rings. The predicted octanol–water partition coefficient (Wildman–Crippen LogP) is 5.36. The molecule has 0 nitrogen and oxygen atoms in total. The van der Waals surface area contributed by atoms with E-state index in [0.717, 1.165) is 0 Å². The smallest absolute Gasteiger partial charge is 0.0270 e. The first kappa shape index (κ1) is 12.7. The maximum atomic E-state index is 2.39. The number of aryl methyl sites for hydroxylation is 1. The molecule has 3 heteroatoms. The van der Waals surface area contributed by atoms with E-state index in [0.29, 0.717) is 0 Å². The van der Waals surface area contributed by atoms with Crippen LogP contribution in [0.5, 0.6) is 0 Å². The molecule has 2 rings (SSSR count). The normalized spacial score (nSPS) is 10.4. The summed E-state index contributed by atoms with van der Waals surface area (Å²) in [5.41, 5.74) is 1.31. The SMILES string of the molecule is Cc1ccc(I)c(Sc2cccc(I)c2)c1. The highest BCUT2D eigenvalue weighted by molar-refractivity contribution is 14.1. The number of benzene rings is 2. The lowest BCUT2D eigenvalue weighted by Crippen LogP contribution is -1.82. The van der Waals surface area contributed by atoms with Gasteiger partial charge in [-0.2, -0.15) is 0 Å². The van der Waals surface area contributed by atoms with Crippen LogP contribution >= 0.6 is 56.9 Å². The van der Waals surface area contributed by atoms with Crippen LogP contribution in [0.15, 0.2) is 52.3 Å². The molecule has 0 aliphatic heterocycles. The molecule has 0 atom stereocenters. The molecule has 0 N–H and O–H groups in total. The lowest BCUT2D eigenvalue weighted by atomic mass is 10.2. The molecule has 0 bridgehead atoms. The van der Waals surface area contributed by atoms with Gasteiger partial charge in [0.2, 0.25) is 0 Å². The average molecular weight is 452 g/mol. The van der Waals surface area contributed by atoms with Crippen LogP contribution in [0.25, 0.3) is 0 Å². The van der Waals surface area contributed by atoms with Crippen molar-refractivity contribution >= 4 is 56.9 Å². The Labute approximate surface area is 128 Å². The molecule has 0 spiro atoms. The fourth-order valence-corrected chi connectivity index (χ4v) is 3.76. The highest BCUT2D eigenvalue weighted by atomic mass is 127. The Balaban J connectivity index is 2.30. The largest absolute Gasteiger partial charge is 0.0889 e. The lowest BCUT2D eigenvalue weighted by Gasteiger charge is -2.06. The first-order chi connectivity index (χ1) is 7.65. The van der Waals surface area contributed by atoms with E-state index >= 15 is 0 Å². The van der Waals surface area contributed by atoms with E-state index in [-0.39, 0.29) is 0 Å². The summed E-state index contributed by atoms with van der Waals surface area (Å²) in [7, 11) is 0. The third-order valence-corrected chi connectivity index (χ3v) is 5.14. The van der Waals surface area contributed by atoms with Gasteiger partial charge in [-0.3, -0.25) is 0 Å². The van der Waals surface area contributed by atoms with Gasteiger partial charge in [-0.1, -0.05) is 23.9 Å². The van der Waals surface area contributed by atoms with E-state index in [1.54, 1.807) is 0 Å². The minimum Gasteiger partial charge on any atom is -0.0889 e. The fourth-order valence-electron chi connectivity index (χ4n) is 1.35. The van der Waals surface area contributed by atoms with Crippen molar-refractivity contribution in [1.82, 2.24) is 0 Å². The topological polar surface area (TPSA) is 0 Å². The van der Waals surface area contributed by atoms with Gasteiger partial charge in [-0.15, -0.1) is 0 Å². The third-order valence-electron chi connectivity index (χ3n) is 2.11. The Morgan fingerprint density at radius 2 is 1.81 bits per heavy atom. The molecule has 0 heterocycles. The first-order valence-corrected chi connectivity index (χ1v) is 7.82. The van der Waals surface area contributed by atoms with Crippen LogP contribution in [0, 0.1) is 14.1 Å². The molecule has 82 valence electrons. The predicted molar refractivity (Wildman–Crippen MR) is 87.2 cm³/mol. The Kier molecular flexibility index (Phi) is 4.55. The van der Waals surface area contributed by atoms with Gasteiger partial charge >= 0.3 is 0 Å². The standard InChI is InChI=1S/C13H10I2S/c1-9-5-6-12(15)13(7-9)16-11-4-2-3-10(14)8-11/h2-8H,1H3. The van der Waals surface area contributed by atoms with E-state index in [1.165, 1.54) is 22.5 Å². The minimum atomic E-state index is 1.28. The summed E-state index contributed by atoms with van der Waals surface area (Å²) < 4.78 is 2.59. The number of hydrogen-bond donors (Lipinski definition) is 0. The number of rotatable bonds is 2. The second-order valence-corrected chi connectivity index (χ2v) is 7.02. The minimum absolute atomic E-state index is 1.28. The van der Waals surface area contributed by atoms with Crippen LogP contribution in [0.2, 0.25) is 0 Å².